The molecular weight excluding hydrogens is 432 g/mol. The number of likely N-dealkylation sites (tertiary alicyclic amines) is 1. The summed E-state index contributed by atoms with van der Waals surface area (Å²) in [5.74, 6) is 0.332. The van der Waals surface area contributed by atoms with Crippen LogP contribution in [0.15, 0.2) is 66.3 Å². The Morgan fingerprint density at radius 3 is 2.88 bits per heavy atom. The second kappa shape index (κ2) is 10.2. The molecule has 1 saturated heterocycles. The summed E-state index contributed by atoms with van der Waals surface area (Å²) in [5.41, 5.74) is 3.49. The highest BCUT2D eigenvalue weighted by Gasteiger charge is 2.19. The molecule has 33 heavy (non-hydrogen) atoms. The van der Waals surface area contributed by atoms with E-state index in [1.165, 1.54) is 29.4 Å². The quantitative estimate of drug-likeness (QED) is 0.362. The van der Waals surface area contributed by atoms with Gasteiger partial charge in [-0.25, -0.2) is 9.78 Å². The molecule has 1 aromatic carbocycles. The van der Waals surface area contributed by atoms with E-state index in [0.29, 0.717) is 19.0 Å². The van der Waals surface area contributed by atoms with Gasteiger partial charge in [0.05, 0.1) is 6.54 Å². The summed E-state index contributed by atoms with van der Waals surface area (Å²) in [7, 11) is 0. The molecule has 0 saturated carbocycles. The first-order valence-corrected chi connectivity index (χ1v) is 12.4. The topological polar surface area (TPSA) is 61.5 Å². The van der Waals surface area contributed by atoms with Gasteiger partial charge in [0.15, 0.2) is 0 Å². The second-order valence-corrected chi connectivity index (χ2v) is 9.44. The molecule has 4 aromatic rings. The number of pyridine rings is 1. The molecule has 170 valence electrons. The van der Waals surface area contributed by atoms with Crippen LogP contribution in [0.2, 0.25) is 0 Å². The molecule has 0 spiro atoms. The number of fused-ring (bicyclic) bond motifs is 1. The van der Waals surface area contributed by atoms with Gasteiger partial charge < -0.3 is 19.5 Å². The number of hydrogen-bond donors (Lipinski definition) is 1. The number of carbonyl (C=O) groups is 1. The predicted molar refractivity (Wildman–Crippen MR) is 133 cm³/mol. The minimum atomic E-state index is -0.348. The molecule has 0 aliphatic carbocycles. The number of thiophene rings is 1. The summed E-state index contributed by atoms with van der Waals surface area (Å²) in [5, 5.41) is 3.36. The maximum absolute atomic E-state index is 13.0. The molecule has 6 nitrogen and oxygen atoms in total. The summed E-state index contributed by atoms with van der Waals surface area (Å²) in [6, 6.07) is 16.0. The van der Waals surface area contributed by atoms with Crippen LogP contribution in [0.3, 0.4) is 0 Å². The fourth-order valence-electron chi connectivity index (χ4n) is 4.32. The molecule has 0 radical (unpaired) electrons. The standard InChI is InChI=1S/C26H28N4O2S/c31-26(32-25-6-1-2-10-28-25)30(15-5-14-29-12-3-4-13-29)18-23-17-22(19-33-23)20-7-8-24-21(16-20)9-11-27-24/h1-2,6-11,16-17,19,27H,3-5,12-15,18H2. The Hall–Kier alpha value is -3.16. The number of benzene rings is 1. The van der Waals surface area contributed by atoms with E-state index in [1.807, 2.05) is 18.3 Å². The normalized spacial score (nSPS) is 14.1. The first-order valence-electron chi connectivity index (χ1n) is 11.5. The number of rotatable bonds is 8. The Morgan fingerprint density at radius 2 is 2.03 bits per heavy atom. The largest absolute Gasteiger partial charge is 0.416 e. The monoisotopic (exact) mass is 460 g/mol. The zero-order chi connectivity index (χ0) is 22.5. The van der Waals surface area contributed by atoms with Crippen molar-refractivity contribution in [2.45, 2.75) is 25.8 Å². The summed E-state index contributed by atoms with van der Waals surface area (Å²) in [4.78, 5) is 25.8. The van der Waals surface area contributed by atoms with Crippen molar-refractivity contribution in [3.05, 3.63) is 71.2 Å². The van der Waals surface area contributed by atoms with E-state index in [0.717, 1.165) is 36.4 Å². The van der Waals surface area contributed by atoms with E-state index in [9.17, 15) is 4.79 Å². The third-order valence-corrected chi connectivity index (χ3v) is 7.00. The summed E-state index contributed by atoms with van der Waals surface area (Å²) in [6.45, 7) is 4.53. The average Bonchev–Trinajstić information content (AvgIpc) is 3.60. The van der Waals surface area contributed by atoms with Crippen LogP contribution >= 0.6 is 11.3 Å². The van der Waals surface area contributed by atoms with Crippen LogP contribution in [0.5, 0.6) is 5.88 Å². The number of carbonyl (C=O) groups excluding carboxylic acids is 1. The molecule has 3 aromatic heterocycles. The predicted octanol–water partition coefficient (Wildman–Crippen LogP) is 5.78. The number of aromatic nitrogens is 2. The maximum Gasteiger partial charge on any atom is 0.416 e. The van der Waals surface area contributed by atoms with E-state index >= 15 is 0 Å². The number of amides is 1. The van der Waals surface area contributed by atoms with Gasteiger partial charge in [-0.3, -0.25) is 0 Å². The van der Waals surface area contributed by atoms with Gasteiger partial charge in [0.1, 0.15) is 0 Å². The number of nitrogens with one attached hydrogen (secondary N) is 1. The zero-order valence-electron chi connectivity index (χ0n) is 18.6. The molecule has 7 heteroatoms. The molecule has 1 aliphatic rings. The Morgan fingerprint density at radius 1 is 1.12 bits per heavy atom. The van der Waals surface area contributed by atoms with E-state index in [4.69, 9.17) is 4.74 Å². The fourth-order valence-corrected chi connectivity index (χ4v) is 5.23. The Labute approximate surface area is 197 Å². The first kappa shape index (κ1) is 21.7. The van der Waals surface area contributed by atoms with Crippen LogP contribution in [-0.4, -0.2) is 52.0 Å². The van der Waals surface area contributed by atoms with Gasteiger partial charge in [0, 0.05) is 35.4 Å². The number of ether oxygens (including phenoxy) is 1. The van der Waals surface area contributed by atoms with Crippen LogP contribution in [0, 0.1) is 0 Å². The van der Waals surface area contributed by atoms with Crippen LogP contribution in [0.4, 0.5) is 4.79 Å². The molecule has 0 atom stereocenters. The molecule has 0 unspecified atom stereocenters. The molecule has 1 aliphatic heterocycles. The zero-order valence-corrected chi connectivity index (χ0v) is 19.4. The lowest BCUT2D eigenvalue weighted by molar-refractivity contribution is 0.145. The van der Waals surface area contributed by atoms with E-state index in [-0.39, 0.29) is 6.09 Å². The van der Waals surface area contributed by atoms with Crippen molar-refractivity contribution in [2.24, 2.45) is 0 Å². The van der Waals surface area contributed by atoms with Crippen molar-refractivity contribution in [3.8, 4) is 17.0 Å². The highest BCUT2D eigenvalue weighted by molar-refractivity contribution is 7.10. The van der Waals surface area contributed by atoms with Gasteiger partial charge >= 0.3 is 6.09 Å². The Bertz CT molecular complexity index is 1200. The highest BCUT2D eigenvalue weighted by atomic mass is 32.1. The van der Waals surface area contributed by atoms with Crippen LogP contribution < -0.4 is 4.74 Å². The van der Waals surface area contributed by atoms with Gasteiger partial charge in [-0.2, -0.15) is 0 Å². The van der Waals surface area contributed by atoms with Crippen LogP contribution in [0.1, 0.15) is 24.1 Å². The van der Waals surface area contributed by atoms with Crippen molar-refractivity contribution < 1.29 is 9.53 Å². The second-order valence-electron chi connectivity index (χ2n) is 8.44. The van der Waals surface area contributed by atoms with Crippen molar-refractivity contribution in [2.75, 3.05) is 26.2 Å². The minimum absolute atomic E-state index is 0.332. The van der Waals surface area contributed by atoms with Gasteiger partial charge in [0.2, 0.25) is 5.88 Å². The lowest BCUT2D eigenvalue weighted by Gasteiger charge is -2.22. The molecule has 1 amide bonds. The van der Waals surface area contributed by atoms with Crippen molar-refractivity contribution >= 4 is 28.3 Å². The molecule has 1 N–H and O–H groups in total. The average molecular weight is 461 g/mol. The molecular formula is C26H28N4O2S. The molecule has 0 bridgehead atoms. The summed E-state index contributed by atoms with van der Waals surface area (Å²) >= 11 is 1.68. The lowest BCUT2D eigenvalue weighted by atomic mass is 10.1. The smallest absolute Gasteiger partial charge is 0.391 e. The SMILES string of the molecule is O=C(Oc1ccccn1)N(CCCN1CCCC1)Cc1cc(-c2ccc3[nH]ccc3c2)cs1. The highest BCUT2D eigenvalue weighted by Crippen LogP contribution is 2.29. The number of aromatic amines is 1. The van der Waals surface area contributed by atoms with E-state index in [1.54, 1.807) is 28.5 Å². The van der Waals surface area contributed by atoms with Gasteiger partial charge in [-0.05, 0) is 91.1 Å². The van der Waals surface area contributed by atoms with E-state index in [2.05, 4.69) is 50.6 Å². The minimum Gasteiger partial charge on any atom is -0.391 e. The van der Waals surface area contributed by atoms with Crippen molar-refractivity contribution in [3.63, 3.8) is 0 Å². The summed E-state index contributed by atoms with van der Waals surface area (Å²) < 4.78 is 5.57. The van der Waals surface area contributed by atoms with Crippen LogP contribution in [0.25, 0.3) is 22.0 Å². The van der Waals surface area contributed by atoms with Gasteiger partial charge in [0.25, 0.3) is 0 Å². The third-order valence-electron chi connectivity index (χ3n) is 6.08. The lowest BCUT2D eigenvalue weighted by Crippen LogP contribution is -2.35. The molecule has 5 rings (SSSR count). The van der Waals surface area contributed by atoms with Crippen molar-refractivity contribution in [1.82, 2.24) is 19.8 Å². The molecule has 1 fully saturated rings. The number of hydrogen-bond acceptors (Lipinski definition) is 5. The van der Waals surface area contributed by atoms with Gasteiger partial charge in [-0.15, -0.1) is 11.3 Å². The van der Waals surface area contributed by atoms with E-state index < -0.39 is 0 Å². The maximum atomic E-state index is 13.0. The van der Waals surface area contributed by atoms with Crippen molar-refractivity contribution in [1.29, 1.82) is 0 Å². The fraction of sp³-hybridized carbons (Fsp3) is 0.308. The molecule has 4 heterocycles. The van der Waals surface area contributed by atoms with Crippen LogP contribution in [-0.2, 0) is 6.54 Å². The Kier molecular flexibility index (Phi) is 6.69. The number of H-pyrrole nitrogens is 1. The summed E-state index contributed by atoms with van der Waals surface area (Å²) in [6.07, 6.45) is 6.72. The third kappa shape index (κ3) is 5.43. The Balaban J connectivity index is 1.28. The van der Waals surface area contributed by atoms with Gasteiger partial charge in [-0.1, -0.05) is 12.1 Å². The number of nitrogens with zero attached hydrogens (tertiary/aromatic N) is 3. The first-order chi connectivity index (χ1) is 16.2.